The quantitative estimate of drug-likeness (QED) is 0.885. The molecular weight excluding hydrogens is 316 g/mol. The molecule has 3 nitrogen and oxygen atoms in total. The van der Waals surface area contributed by atoms with Crippen molar-refractivity contribution in [2.24, 2.45) is 5.92 Å². The number of ether oxygens (including phenoxy) is 1. The molecule has 2 aliphatic rings. The molecule has 20 heavy (non-hydrogen) atoms. The van der Waals surface area contributed by atoms with Crippen molar-refractivity contribution >= 4 is 15.9 Å². The maximum atomic E-state index is 5.62. The first-order valence-corrected chi connectivity index (χ1v) is 8.41. The summed E-state index contributed by atoms with van der Waals surface area (Å²) in [7, 11) is 0. The summed E-state index contributed by atoms with van der Waals surface area (Å²) < 4.78 is 6.78. The fourth-order valence-electron chi connectivity index (χ4n) is 3.48. The van der Waals surface area contributed by atoms with Gasteiger partial charge in [0.1, 0.15) is 0 Å². The van der Waals surface area contributed by atoms with Crippen LogP contribution in [-0.4, -0.2) is 31.8 Å². The van der Waals surface area contributed by atoms with Crippen LogP contribution in [0.4, 0.5) is 0 Å². The fourth-order valence-corrected chi connectivity index (χ4v) is 3.93. The van der Waals surface area contributed by atoms with Gasteiger partial charge in [-0.05, 0) is 36.5 Å². The molecule has 4 heteroatoms. The van der Waals surface area contributed by atoms with E-state index in [-0.39, 0.29) is 0 Å². The molecule has 0 bridgehead atoms. The number of halogens is 1. The molecular formula is C16H23BrN2O. The van der Waals surface area contributed by atoms with Crippen LogP contribution in [0.3, 0.4) is 0 Å². The van der Waals surface area contributed by atoms with E-state index in [1.54, 1.807) is 0 Å². The Bertz CT molecular complexity index is 434. The minimum absolute atomic E-state index is 0.534. The van der Waals surface area contributed by atoms with E-state index in [1.165, 1.54) is 24.8 Å². The summed E-state index contributed by atoms with van der Waals surface area (Å²) in [6.45, 7) is 3.69. The van der Waals surface area contributed by atoms with Crippen LogP contribution in [0.25, 0.3) is 0 Å². The standard InChI is InChI=1S/C16H23BrN2O/c17-13-4-1-3-12(9-13)10-19-15-6-2-5-14(15)16-11-20-8-7-18-16/h1,3-4,9,14-16,18-19H,2,5-8,10-11H2. The van der Waals surface area contributed by atoms with Crippen LogP contribution in [0.1, 0.15) is 24.8 Å². The number of hydrogen-bond acceptors (Lipinski definition) is 3. The van der Waals surface area contributed by atoms with Crippen LogP contribution < -0.4 is 10.6 Å². The Hall–Kier alpha value is -0.420. The van der Waals surface area contributed by atoms with Gasteiger partial charge < -0.3 is 15.4 Å². The predicted octanol–water partition coefficient (Wildman–Crippen LogP) is 2.70. The van der Waals surface area contributed by atoms with E-state index in [9.17, 15) is 0 Å². The van der Waals surface area contributed by atoms with Crippen molar-refractivity contribution < 1.29 is 4.74 Å². The Balaban J connectivity index is 1.55. The van der Waals surface area contributed by atoms with Gasteiger partial charge in [0.05, 0.1) is 13.2 Å². The lowest BCUT2D eigenvalue weighted by Gasteiger charge is -2.33. The second kappa shape index (κ2) is 7.03. The van der Waals surface area contributed by atoms with Gasteiger partial charge in [-0.15, -0.1) is 0 Å². The molecule has 1 saturated carbocycles. The maximum Gasteiger partial charge on any atom is 0.0623 e. The number of hydrogen-bond donors (Lipinski definition) is 2. The molecule has 3 unspecified atom stereocenters. The van der Waals surface area contributed by atoms with Crippen molar-refractivity contribution in [2.75, 3.05) is 19.8 Å². The molecule has 1 aliphatic carbocycles. The zero-order chi connectivity index (χ0) is 13.8. The molecule has 0 radical (unpaired) electrons. The zero-order valence-corrected chi connectivity index (χ0v) is 13.4. The Labute approximate surface area is 129 Å². The number of nitrogens with one attached hydrogen (secondary N) is 2. The van der Waals surface area contributed by atoms with E-state index in [2.05, 4.69) is 50.8 Å². The van der Waals surface area contributed by atoms with Crippen LogP contribution in [-0.2, 0) is 11.3 Å². The largest absolute Gasteiger partial charge is 0.379 e. The van der Waals surface area contributed by atoms with Gasteiger partial charge >= 0.3 is 0 Å². The topological polar surface area (TPSA) is 33.3 Å². The van der Waals surface area contributed by atoms with Crippen molar-refractivity contribution in [2.45, 2.75) is 37.9 Å². The van der Waals surface area contributed by atoms with E-state index in [4.69, 9.17) is 4.74 Å². The molecule has 0 amide bonds. The lowest BCUT2D eigenvalue weighted by atomic mass is 9.94. The van der Waals surface area contributed by atoms with Crippen molar-refractivity contribution in [3.05, 3.63) is 34.3 Å². The fraction of sp³-hybridized carbons (Fsp3) is 0.625. The number of morpholine rings is 1. The maximum absolute atomic E-state index is 5.62. The third-order valence-electron chi connectivity index (χ3n) is 4.49. The summed E-state index contributed by atoms with van der Waals surface area (Å²) in [4.78, 5) is 0. The SMILES string of the molecule is Brc1cccc(CNC2CCCC2C2COCCN2)c1. The van der Waals surface area contributed by atoms with Crippen molar-refractivity contribution in [1.82, 2.24) is 10.6 Å². The third-order valence-corrected chi connectivity index (χ3v) is 4.99. The van der Waals surface area contributed by atoms with Gasteiger partial charge in [0.2, 0.25) is 0 Å². The lowest BCUT2D eigenvalue weighted by Crippen LogP contribution is -2.50. The van der Waals surface area contributed by atoms with Crippen molar-refractivity contribution in [3.8, 4) is 0 Å². The molecule has 1 saturated heterocycles. The monoisotopic (exact) mass is 338 g/mol. The molecule has 2 fully saturated rings. The van der Waals surface area contributed by atoms with E-state index in [0.29, 0.717) is 18.0 Å². The summed E-state index contributed by atoms with van der Waals surface area (Å²) in [5.41, 5.74) is 1.35. The van der Waals surface area contributed by atoms with Gasteiger partial charge in [0.25, 0.3) is 0 Å². The average molecular weight is 339 g/mol. The molecule has 1 aliphatic heterocycles. The van der Waals surface area contributed by atoms with Crippen LogP contribution in [0.2, 0.25) is 0 Å². The van der Waals surface area contributed by atoms with Gasteiger partial charge in [-0.3, -0.25) is 0 Å². The van der Waals surface area contributed by atoms with Crippen molar-refractivity contribution in [3.63, 3.8) is 0 Å². The van der Waals surface area contributed by atoms with E-state index in [0.717, 1.165) is 30.8 Å². The Morgan fingerprint density at radius 2 is 2.30 bits per heavy atom. The third kappa shape index (κ3) is 3.61. The average Bonchev–Trinajstić information content (AvgIpc) is 2.95. The highest BCUT2D eigenvalue weighted by molar-refractivity contribution is 9.10. The lowest BCUT2D eigenvalue weighted by molar-refractivity contribution is 0.0524. The summed E-state index contributed by atoms with van der Waals surface area (Å²) in [6, 6.07) is 9.71. The smallest absolute Gasteiger partial charge is 0.0623 e. The van der Waals surface area contributed by atoms with Gasteiger partial charge in [0, 0.05) is 29.6 Å². The highest BCUT2D eigenvalue weighted by atomic mass is 79.9. The molecule has 3 rings (SSSR count). The van der Waals surface area contributed by atoms with Crippen LogP contribution >= 0.6 is 15.9 Å². The molecule has 1 aromatic rings. The number of benzene rings is 1. The van der Waals surface area contributed by atoms with Crippen molar-refractivity contribution in [1.29, 1.82) is 0 Å². The Morgan fingerprint density at radius 1 is 1.35 bits per heavy atom. The first kappa shape index (κ1) is 14.5. The van der Waals surface area contributed by atoms with Gasteiger partial charge in [0.15, 0.2) is 0 Å². The summed E-state index contributed by atoms with van der Waals surface area (Å²) in [5.74, 6) is 0.711. The second-order valence-electron chi connectivity index (χ2n) is 5.85. The summed E-state index contributed by atoms with van der Waals surface area (Å²) >= 11 is 3.54. The normalized spacial score (nSPS) is 30.6. The van der Waals surface area contributed by atoms with Crippen LogP contribution in [0.5, 0.6) is 0 Å². The predicted molar refractivity (Wildman–Crippen MR) is 84.7 cm³/mol. The van der Waals surface area contributed by atoms with Crippen LogP contribution in [0.15, 0.2) is 28.7 Å². The second-order valence-corrected chi connectivity index (χ2v) is 6.76. The molecule has 0 aromatic heterocycles. The Morgan fingerprint density at radius 3 is 3.10 bits per heavy atom. The first-order chi connectivity index (χ1) is 9.83. The zero-order valence-electron chi connectivity index (χ0n) is 11.8. The van der Waals surface area contributed by atoms with Gasteiger partial charge in [-0.25, -0.2) is 0 Å². The molecule has 110 valence electrons. The van der Waals surface area contributed by atoms with E-state index in [1.807, 2.05) is 0 Å². The molecule has 2 N–H and O–H groups in total. The first-order valence-electron chi connectivity index (χ1n) is 7.62. The van der Waals surface area contributed by atoms with E-state index >= 15 is 0 Å². The van der Waals surface area contributed by atoms with Gasteiger partial charge in [-0.2, -0.15) is 0 Å². The van der Waals surface area contributed by atoms with Gasteiger partial charge in [-0.1, -0.05) is 34.5 Å². The molecule has 1 heterocycles. The highest BCUT2D eigenvalue weighted by Gasteiger charge is 2.34. The summed E-state index contributed by atoms with van der Waals surface area (Å²) in [6.07, 6.45) is 3.94. The Kier molecular flexibility index (Phi) is 5.10. The minimum atomic E-state index is 0.534. The minimum Gasteiger partial charge on any atom is -0.379 e. The van der Waals surface area contributed by atoms with Crippen LogP contribution in [0, 0.1) is 5.92 Å². The number of rotatable bonds is 4. The molecule has 0 spiro atoms. The molecule has 1 aromatic carbocycles. The summed E-state index contributed by atoms with van der Waals surface area (Å²) in [5, 5.41) is 7.38. The molecule has 3 atom stereocenters. The van der Waals surface area contributed by atoms with E-state index < -0.39 is 0 Å². The highest BCUT2D eigenvalue weighted by Crippen LogP contribution is 2.29.